The molecule has 206 valence electrons. The summed E-state index contributed by atoms with van der Waals surface area (Å²) in [6.45, 7) is 5.71. The van der Waals surface area contributed by atoms with E-state index >= 15 is 0 Å². The molecule has 2 aromatic carbocycles. The number of hydrogen-bond donors (Lipinski definition) is 0. The standard InChI is InChI=1S/C30H31BrN6O3/c1-21-16-34(14-15-37(21)28(38)18-36-20-33-26-8-5-12-32-29(26)36)27-10-9-25(31)23-11-13-35(17-24(23)27)30(39)40-19-22-6-3-2-4-7-22/h2-10,12,20-21H,11,13-19H2,1H3/t21-/m1/s1. The molecule has 2 amide bonds. The average Bonchev–Trinajstić information content (AvgIpc) is 3.39. The van der Waals surface area contributed by atoms with Gasteiger partial charge in [-0.2, -0.15) is 0 Å². The molecule has 0 N–H and O–H groups in total. The van der Waals surface area contributed by atoms with Crippen LogP contribution in [0.3, 0.4) is 0 Å². The molecule has 0 spiro atoms. The van der Waals surface area contributed by atoms with E-state index in [1.54, 1.807) is 17.4 Å². The topological polar surface area (TPSA) is 83.8 Å². The Morgan fingerprint density at radius 2 is 1.85 bits per heavy atom. The van der Waals surface area contributed by atoms with Gasteiger partial charge in [0.15, 0.2) is 5.65 Å². The number of piperazine rings is 1. The van der Waals surface area contributed by atoms with Crippen LogP contribution in [0, 0.1) is 0 Å². The van der Waals surface area contributed by atoms with E-state index in [2.05, 4.69) is 49.9 Å². The fraction of sp³-hybridized carbons (Fsp3) is 0.333. The SMILES string of the molecule is C[C@@H]1CN(c2ccc(Br)c3c2CN(C(=O)OCc2ccccc2)CC3)CCN1C(=O)Cn1cnc2cccnc21. The minimum Gasteiger partial charge on any atom is -0.445 e. The number of anilines is 1. The molecule has 2 aliphatic rings. The quantitative estimate of drug-likeness (QED) is 0.331. The van der Waals surface area contributed by atoms with Gasteiger partial charge >= 0.3 is 6.09 Å². The van der Waals surface area contributed by atoms with Crippen molar-refractivity contribution in [1.29, 1.82) is 0 Å². The summed E-state index contributed by atoms with van der Waals surface area (Å²) in [6.07, 6.45) is 3.85. The monoisotopic (exact) mass is 602 g/mol. The van der Waals surface area contributed by atoms with Crippen molar-refractivity contribution in [3.8, 4) is 0 Å². The molecule has 1 saturated heterocycles. The first-order chi connectivity index (χ1) is 19.5. The minimum absolute atomic E-state index is 0.0267. The lowest BCUT2D eigenvalue weighted by Crippen LogP contribution is -2.55. The van der Waals surface area contributed by atoms with Crippen molar-refractivity contribution in [2.45, 2.75) is 39.1 Å². The Morgan fingerprint density at radius 3 is 2.67 bits per heavy atom. The summed E-state index contributed by atoms with van der Waals surface area (Å²) in [5.41, 5.74) is 5.95. The van der Waals surface area contributed by atoms with Crippen LogP contribution in [0.4, 0.5) is 10.5 Å². The summed E-state index contributed by atoms with van der Waals surface area (Å²) in [5.74, 6) is 0.0577. The minimum atomic E-state index is -0.300. The average molecular weight is 604 g/mol. The third-order valence-electron chi connectivity index (χ3n) is 7.76. The van der Waals surface area contributed by atoms with Crippen LogP contribution in [0.2, 0.25) is 0 Å². The third kappa shape index (κ3) is 5.28. The number of amides is 2. The van der Waals surface area contributed by atoms with E-state index in [9.17, 15) is 9.59 Å². The zero-order valence-electron chi connectivity index (χ0n) is 22.4. The van der Waals surface area contributed by atoms with Crippen molar-refractivity contribution in [3.05, 3.63) is 88.3 Å². The molecule has 6 rings (SSSR count). The number of fused-ring (bicyclic) bond motifs is 2. The fourth-order valence-corrected chi connectivity index (χ4v) is 6.24. The number of imidazole rings is 1. The lowest BCUT2D eigenvalue weighted by atomic mass is 9.96. The van der Waals surface area contributed by atoms with Gasteiger partial charge in [-0.3, -0.25) is 4.79 Å². The number of nitrogens with zero attached hydrogens (tertiary/aromatic N) is 6. The largest absolute Gasteiger partial charge is 0.445 e. The van der Waals surface area contributed by atoms with Crippen molar-refractivity contribution in [1.82, 2.24) is 24.3 Å². The molecule has 40 heavy (non-hydrogen) atoms. The van der Waals surface area contributed by atoms with Gasteiger partial charge in [0.25, 0.3) is 0 Å². The van der Waals surface area contributed by atoms with E-state index in [-0.39, 0.29) is 31.2 Å². The van der Waals surface area contributed by atoms with E-state index in [0.717, 1.165) is 38.9 Å². The second-order valence-corrected chi connectivity index (χ2v) is 11.2. The molecule has 0 radical (unpaired) electrons. The molecular formula is C30H31BrN6O3. The van der Waals surface area contributed by atoms with Crippen LogP contribution in [0.5, 0.6) is 0 Å². The van der Waals surface area contributed by atoms with Gasteiger partial charge in [-0.1, -0.05) is 46.3 Å². The number of carbonyl (C=O) groups excluding carboxylic acids is 2. The summed E-state index contributed by atoms with van der Waals surface area (Å²) >= 11 is 3.73. The van der Waals surface area contributed by atoms with E-state index < -0.39 is 0 Å². The van der Waals surface area contributed by atoms with Gasteiger partial charge in [-0.05, 0) is 54.3 Å². The second kappa shape index (κ2) is 11.3. The molecular weight excluding hydrogens is 572 g/mol. The Labute approximate surface area is 241 Å². The maximum Gasteiger partial charge on any atom is 0.410 e. The number of rotatable bonds is 5. The zero-order valence-corrected chi connectivity index (χ0v) is 24.0. The number of halogens is 1. The van der Waals surface area contributed by atoms with Gasteiger partial charge in [0.2, 0.25) is 5.91 Å². The first-order valence-electron chi connectivity index (χ1n) is 13.5. The van der Waals surface area contributed by atoms with Crippen molar-refractivity contribution in [2.24, 2.45) is 0 Å². The normalized spacial score (nSPS) is 17.1. The molecule has 0 saturated carbocycles. The number of pyridine rings is 1. The smallest absolute Gasteiger partial charge is 0.410 e. The highest BCUT2D eigenvalue weighted by Gasteiger charge is 2.32. The summed E-state index contributed by atoms with van der Waals surface area (Å²) in [7, 11) is 0. The molecule has 0 aliphatic carbocycles. The highest BCUT2D eigenvalue weighted by atomic mass is 79.9. The predicted octanol–water partition coefficient (Wildman–Crippen LogP) is 4.63. The highest BCUT2D eigenvalue weighted by molar-refractivity contribution is 9.10. The van der Waals surface area contributed by atoms with Gasteiger partial charge in [0, 0.05) is 48.6 Å². The van der Waals surface area contributed by atoms with E-state index in [1.807, 2.05) is 51.9 Å². The van der Waals surface area contributed by atoms with Crippen molar-refractivity contribution in [3.63, 3.8) is 0 Å². The van der Waals surface area contributed by atoms with Crippen LogP contribution in [0.25, 0.3) is 11.2 Å². The maximum absolute atomic E-state index is 13.3. The van der Waals surface area contributed by atoms with E-state index in [4.69, 9.17) is 4.74 Å². The molecule has 2 aliphatic heterocycles. The molecule has 1 fully saturated rings. The molecule has 9 nitrogen and oxygen atoms in total. The predicted molar refractivity (Wildman–Crippen MR) is 156 cm³/mol. The van der Waals surface area contributed by atoms with Gasteiger partial charge in [0.05, 0.1) is 12.9 Å². The Morgan fingerprint density at radius 1 is 1.00 bits per heavy atom. The molecule has 0 unspecified atom stereocenters. The Hall–Kier alpha value is -3.92. The number of carbonyl (C=O) groups is 2. The van der Waals surface area contributed by atoms with Gasteiger partial charge in [-0.15, -0.1) is 0 Å². The lowest BCUT2D eigenvalue weighted by molar-refractivity contribution is -0.134. The second-order valence-electron chi connectivity index (χ2n) is 10.3. The molecule has 4 aromatic rings. The lowest BCUT2D eigenvalue weighted by Gasteiger charge is -2.42. The number of aromatic nitrogens is 3. The molecule has 1 atom stereocenters. The summed E-state index contributed by atoms with van der Waals surface area (Å²) in [6, 6.07) is 17.7. The molecule has 10 heteroatoms. The Balaban J connectivity index is 1.13. The number of benzene rings is 2. The van der Waals surface area contributed by atoms with Crippen molar-refractivity contribution in [2.75, 3.05) is 31.1 Å². The van der Waals surface area contributed by atoms with Crippen LogP contribution in [-0.4, -0.2) is 68.6 Å². The van der Waals surface area contributed by atoms with Gasteiger partial charge in [-0.25, -0.2) is 14.8 Å². The first-order valence-corrected chi connectivity index (χ1v) is 14.3. The van der Waals surface area contributed by atoms with E-state index in [1.165, 1.54) is 5.56 Å². The van der Waals surface area contributed by atoms with Crippen molar-refractivity contribution >= 4 is 44.8 Å². The van der Waals surface area contributed by atoms with Crippen LogP contribution in [0.15, 0.2) is 71.6 Å². The summed E-state index contributed by atoms with van der Waals surface area (Å²) < 4.78 is 8.51. The Kier molecular flexibility index (Phi) is 7.42. The van der Waals surface area contributed by atoms with Gasteiger partial charge < -0.3 is 24.0 Å². The van der Waals surface area contributed by atoms with E-state index in [0.29, 0.717) is 32.7 Å². The molecule has 0 bridgehead atoms. The zero-order chi connectivity index (χ0) is 27.6. The maximum atomic E-state index is 13.3. The van der Waals surface area contributed by atoms with Gasteiger partial charge in [0.1, 0.15) is 18.7 Å². The van der Waals surface area contributed by atoms with Crippen molar-refractivity contribution < 1.29 is 14.3 Å². The van der Waals surface area contributed by atoms with Crippen LogP contribution in [-0.2, 0) is 35.6 Å². The number of hydrogen-bond acceptors (Lipinski definition) is 6. The number of ether oxygens (including phenoxy) is 1. The molecule has 2 aromatic heterocycles. The molecule has 4 heterocycles. The summed E-state index contributed by atoms with van der Waals surface area (Å²) in [5, 5.41) is 0. The Bertz CT molecular complexity index is 1540. The first kappa shape index (κ1) is 26.3. The fourth-order valence-electron chi connectivity index (χ4n) is 5.67. The van der Waals surface area contributed by atoms with Crippen LogP contribution >= 0.6 is 15.9 Å². The third-order valence-corrected chi connectivity index (χ3v) is 8.50. The highest BCUT2D eigenvalue weighted by Crippen LogP contribution is 2.35. The van der Waals surface area contributed by atoms with Crippen LogP contribution < -0.4 is 4.90 Å². The summed E-state index contributed by atoms with van der Waals surface area (Å²) in [4.78, 5) is 41.1. The van der Waals surface area contributed by atoms with Crippen LogP contribution in [0.1, 0.15) is 23.6 Å².